The van der Waals surface area contributed by atoms with Gasteiger partial charge in [0, 0.05) is 5.46 Å². The zero-order chi connectivity index (χ0) is 9.26. The molecule has 0 aliphatic carbocycles. The molecule has 3 nitrogen and oxygen atoms in total. The summed E-state index contributed by atoms with van der Waals surface area (Å²) in [5.41, 5.74) is 1.54. The summed E-state index contributed by atoms with van der Waals surface area (Å²) in [4.78, 5) is 0. The lowest BCUT2D eigenvalue weighted by molar-refractivity contribution is 0.289. The van der Waals surface area contributed by atoms with E-state index in [2.05, 4.69) is 0 Å². The number of hydrogen-bond acceptors (Lipinski definition) is 3. The van der Waals surface area contributed by atoms with E-state index in [-0.39, 0.29) is 0 Å². The van der Waals surface area contributed by atoms with Crippen LogP contribution in [0.3, 0.4) is 0 Å². The van der Waals surface area contributed by atoms with Gasteiger partial charge in [-0.15, -0.1) is 0 Å². The van der Waals surface area contributed by atoms with Gasteiger partial charge in [-0.25, -0.2) is 0 Å². The summed E-state index contributed by atoms with van der Waals surface area (Å²) < 4.78 is 5.40. The van der Waals surface area contributed by atoms with E-state index in [1.165, 1.54) is 0 Å². The Hall–Kier alpha value is -0.995. The maximum atomic E-state index is 9.06. The lowest BCUT2D eigenvalue weighted by Crippen LogP contribution is -2.33. The number of fused-ring (bicyclic) bond motifs is 1. The third kappa shape index (κ3) is 1.55. The van der Waals surface area contributed by atoms with Gasteiger partial charge in [-0.2, -0.15) is 0 Å². The van der Waals surface area contributed by atoms with Crippen molar-refractivity contribution in [3.63, 3.8) is 0 Å². The zero-order valence-electron chi connectivity index (χ0n) is 7.23. The molecule has 0 bridgehead atoms. The molecule has 13 heavy (non-hydrogen) atoms. The Kier molecular flexibility index (Phi) is 2.25. The lowest BCUT2D eigenvalue weighted by Gasteiger charge is -2.19. The highest BCUT2D eigenvalue weighted by Gasteiger charge is 2.21. The summed E-state index contributed by atoms with van der Waals surface area (Å²) in [6.45, 7) is 0.663. The second-order valence-electron chi connectivity index (χ2n) is 3.16. The Labute approximate surface area is 77.1 Å². The van der Waals surface area contributed by atoms with Crippen molar-refractivity contribution >= 4 is 12.6 Å². The van der Waals surface area contributed by atoms with Crippen molar-refractivity contribution in [1.29, 1.82) is 0 Å². The fraction of sp³-hybridized carbons (Fsp3) is 0.333. The first-order chi connectivity index (χ1) is 6.29. The Morgan fingerprint density at radius 2 is 2.15 bits per heavy atom. The quantitative estimate of drug-likeness (QED) is 0.580. The van der Waals surface area contributed by atoms with Crippen LogP contribution < -0.4 is 10.2 Å². The molecule has 1 heterocycles. The highest BCUT2D eigenvalue weighted by Crippen LogP contribution is 2.22. The van der Waals surface area contributed by atoms with Crippen LogP contribution in [0.2, 0.25) is 0 Å². The Bertz CT molecular complexity index is 312. The second kappa shape index (κ2) is 3.40. The molecule has 68 valence electrons. The van der Waals surface area contributed by atoms with Gasteiger partial charge in [-0.3, -0.25) is 0 Å². The van der Waals surface area contributed by atoms with Crippen LogP contribution in [-0.2, 0) is 6.42 Å². The Morgan fingerprint density at radius 3 is 2.92 bits per heavy atom. The van der Waals surface area contributed by atoms with Crippen molar-refractivity contribution in [1.82, 2.24) is 0 Å². The van der Waals surface area contributed by atoms with Gasteiger partial charge in [-0.05, 0) is 18.4 Å². The van der Waals surface area contributed by atoms with Crippen LogP contribution in [0, 0.1) is 0 Å². The van der Waals surface area contributed by atoms with Gasteiger partial charge in [0.2, 0.25) is 0 Å². The number of hydrogen-bond donors (Lipinski definition) is 2. The predicted octanol–water partition coefficient (Wildman–Crippen LogP) is -0.309. The smallest absolute Gasteiger partial charge is 0.492 e. The van der Waals surface area contributed by atoms with E-state index in [0.29, 0.717) is 17.8 Å². The molecule has 0 saturated heterocycles. The molecular formula is C9H11BO3. The molecule has 0 fully saturated rings. The first-order valence-corrected chi connectivity index (χ1v) is 4.40. The van der Waals surface area contributed by atoms with Crippen molar-refractivity contribution < 1.29 is 14.8 Å². The van der Waals surface area contributed by atoms with E-state index in [1.54, 1.807) is 6.07 Å². The SMILES string of the molecule is OB(O)c1cccc2c1OCCC2. The van der Waals surface area contributed by atoms with Crippen molar-refractivity contribution in [2.45, 2.75) is 12.8 Å². The molecule has 0 saturated carbocycles. The molecule has 1 aliphatic heterocycles. The zero-order valence-corrected chi connectivity index (χ0v) is 7.23. The van der Waals surface area contributed by atoms with E-state index in [1.807, 2.05) is 12.1 Å². The molecule has 0 aromatic heterocycles. The van der Waals surface area contributed by atoms with Crippen molar-refractivity contribution in [3.8, 4) is 5.75 Å². The third-order valence-electron chi connectivity index (χ3n) is 2.24. The van der Waals surface area contributed by atoms with E-state index >= 15 is 0 Å². The monoisotopic (exact) mass is 178 g/mol. The number of benzene rings is 1. The van der Waals surface area contributed by atoms with Gasteiger partial charge in [0.15, 0.2) is 0 Å². The predicted molar refractivity (Wildman–Crippen MR) is 50.1 cm³/mol. The van der Waals surface area contributed by atoms with Crippen LogP contribution in [0.15, 0.2) is 18.2 Å². The highest BCUT2D eigenvalue weighted by atomic mass is 16.5. The van der Waals surface area contributed by atoms with Crippen LogP contribution in [0.5, 0.6) is 5.75 Å². The largest absolute Gasteiger partial charge is 0.494 e. The van der Waals surface area contributed by atoms with Gasteiger partial charge in [-0.1, -0.05) is 18.2 Å². The average Bonchev–Trinajstić information content (AvgIpc) is 2.17. The van der Waals surface area contributed by atoms with E-state index in [9.17, 15) is 0 Å². The van der Waals surface area contributed by atoms with Crippen molar-refractivity contribution in [2.75, 3.05) is 6.61 Å². The molecule has 1 aromatic carbocycles. The highest BCUT2D eigenvalue weighted by molar-refractivity contribution is 6.59. The Balaban J connectivity index is 2.46. The topological polar surface area (TPSA) is 49.7 Å². The minimum atomic E-state index is -1.44. The van der Waals surface area contributed by atoms with Gasteiger partial charge in [0.1, 0.15) is 5.75 Å². The lowest BCUT2D eigenvalue weighted by atomic mass is 9.78. The number of aryl methyl sites for hydroxylation is 1. The first-order valence-electron chi connectivity index (χ1n) is 4.40. The molecule has 0 radical (unpaired) electrons. The van der Waals surface area contributed by atoms with Crippen LogP contribution in [0.4, 0.5) is 0 Å². The van der Waals surface area contributed by atoms with Gasteiger partial charge in [0.05, 0.1) is 6.61 Å². The molecule has 4 heteroatoms. The van der Waals surface area contributed by atoms with E-state index in [4.69, 9.17) is 14.8 Å². The summed E-state index contributed by atoms with van der Waals surface area (Å²) in [6, 6.07) is 5.46. The number of para-hydroxylation sites is 1. The molecule has 2 rings (SSSR count). The van der Waals surface area contributed by atoms with E-state index < -0.39 is 7.12 Å². The first kappa shape index (κ1) is 8.60. The summed E-state index contributed by atoms with van der Waals surface area (Å²) in [5.74, 6) is 0.656. The van der Waals surface area contributed by atoms with Crippen LogP contribution in [0.25, 0.3) is 0 Å². The van der Waals surface area contributed by atoms with E-state index in [0.717, 1.165) is 18.4 Å². The van der Waals surface area contributed by atoms with Crippen LogP contribution in [-0.4, -0.2) is 23.8 Å². The van der Waals surface area contributed by atoms with Crippen molar-refractivity contribution in [2.24, 2.45) is 0 Å². The summed E-state index contributed by atoms with van der Waals surface area (Å²) >= 11 is 0. The molecule has 1 aromatic rings. The van der Waals surface area contributed by atoms with Crippen LogP contribution in [0.1, 0.15) is 12.0 Å². The van der Waals surface area contributed by atoms with Gasteiger partial charge >= 0.3 is 7.12 Å². The summed E-state index contributed by atoms with van der Waals surface area (Å²) in [7, 11) is -1.44. The van der Waals surface area contributed by atoms with Crippen molar-refractivity contribution in [3.05, 3.63) is 23.8 Å². The normalized spacial score (nSPS) is 14.6. The minimum Gasteiger partial charge on any atom is -0.494 e. The number of rotatable bonds is 1. The standard InChI is InChI=1S/C9H11BO3/c11-10(12)8-5-1-3-7-4-2-6-13-9(7)8/h1,3,5,11-12H,2,4,6H2. The average molecular weight is 178 g/mol. The summed E-state index contributed by atoms with van der Waals surface area (Å²) in [5, 5.41) is 18.1. The minimum absolute atomic E-state index is 0.470. The molecule has 2 N–H and O–H groups in total. The van der Waals surface area contributed by atoms with Gasteiger partial charge < -0.3 is 14.8 Å². The summed E-state index contributed by atoms with van der Waals surface area (Å²) in [6.07, 6.45) is 1.95. The second-order valence-corrected chi connectivity index (χ2v) is 3.16. The maximum Gasteiger partial charge on any atom is 0.492 e. The fourth-order valence-electron chi connectivity index (χ4n) is 1.62. The van der Waals surface area contributed by atoms with Crippen LogP contribution >= 0.6 is 0 Å². The third-order valence-corrected chi connectivity index (χ3v) is 2.24. The fourth-order valence-corrected chi connectivity index (χ4v) is 1.62. The Morgan fingerprint density at radius 1 is 1.31 bits per heavy atom. The molecule has 0 amide bonds. The molecule has 0 atom stereocenters. The molecule has 1 aliphatic rings. The molecule has 0 unspecified atom stereocenters. The molecule has 0 spiro atoms. The molecular weight excluding hydrogens is 167 g/mol. The van der Waals surface area contributed by atoms with Gasteiger partial charge in [0.25, 0.3) is 0 Å². The maximum absolute atomic E-state index is 9.06. The number of ether oxygens (including phenoxy) is 1.